The molecule has 1 aliphatic carbocycles. The van der Waals surface area contributed by atoms with Crippen molar-refractivity contribution >= 4 is 34.1 Å². The topological polar surface area (TPSA) is 136 Å². The van der Waals surface area contributed by atoms with Crippen molar-refractivity contribution in [2.75, 3.05) is 11.9 Å². The Morgan fingerprint density at radius 1 is 1.26 bits per heavy atom. The summed E-state index contributed by atoms with van der Waals surface area (Å²) in [6.45, 7) is 1.88. The van der Waals surface area contributed by atoms with Crippen LogP contribution in [0.5, 0.6) is 0 Å². The quantitative estimate of drug-likeness (QED) is 0.301. The van der Waals surface area contributed by atoms with Crippen molar-refractivity contribution in [2.45, 2.75) is 43.7 Å². The van der Waals surface area contributed by atoms with Crippen LogP contribution in [-0.2, 0) is 16.5 Å². The molecule has 1 saturated heterocycles. The first kappa shape index (κ1) is 23.6. The molecule has 12 nitrogen and oxygen atoms in total. The molecule has 1 amide bonds. The Balaban J connectivity index is 1.11. The number of H-pyrrole nitrogens is 1. The number of nitrogens with zero attached hydrogens (tertiary/aromatic N) is 6. The number of hydrogen-bond acceptors (Lipinski definition) is 8. The van der Waals surface area contributed by atoms with Crippen molar-refractivity contribution in [2.24, 2.45) is 7.05 Å². The minimum absolute atomic E-state index is 0.0426. The first-order chi connectivity index (χ1) is 18.9. The number of hydrogen-bond donors (Lipinski definition) is 3. The van der Waals surface area contributed by atoms with Crippen molar-refractivity contribution in [1.29, 1.82) is 0 Å². The average Bonchev–Trinajstić information content (AvgIpc) is 3.37. The first-order valence-electron chi connectivity index (χ1n) is 12.7. The van der Waals surface area contributed by atoms with Crippen LogP contribution in [0.25, 0.3) is 27.5 Å². The summed E-state index contributed by atoms with van der Waals surface area (Å²) >= 11 is 0. The van der Waals surface area contributed by atoms with Gasteiger partial charge in [-0.3, -0.25) is 9.78 Å². The maximum atomic E-state index is 15.2. The lowest BCUT2D eigenvalue weighted by molar-refractivity contribution is 0.0604. The minimum Gasteiger partial charge on any atom is -0.441 e. The van der Waals surface area contributed by atoms with Crippen molar-refractivity contribution in [1.82, 2.24) is 39.9 Å². The van der Waals surface area contributed by atoms with E-state index in [4.69, 9.17) is 9.47 Å². The number of fused-ring (bicyclic) bond motifs is 2. The number of rotatable bonds is 6. The van der Waals surface area contributed by atoms with E-state index < -0.39 is 24.5 Å². The van der Waals surface area contributed by atoms with Gasteiger partial charge in [0.25, 0.3) is 0 Å². The molecule has 2 aliphatic rings. The third kappa shape index (κ3) is 4.24. The van der Waals surface area contributed by atoms with E-state index in [0.717, 1.165) is 40.4 Å². The highest BCUT2D eigenvalue weighted by atomic mass is 19.1. The summed E-state index contributed by atoms with van der Waals surface area (Å²) in [6.07, 6.45) is 4.68. The van der Waals surface area contributed by atoms with Gasteiger partial charge >= 0.3 is 6.09 Å². The lowest BCUT2D eigenvalue weighted by atomic mass is 10.1. The van der Waals surface area contributed by atoms with Gasteiger partial charge in [-0.25, -0.2) is 18.7 Å². The van der Waals surface area contributed by atoms with E-state index in [1.54, 1.807) is 29.2 Å². The number of carbonyl (C=O) groups excluding carboxylic acids is 1. The van der Waals surface area contributed by atoms with Gasteiger partial charge in [0, 0.05) is 42.0 Å². The molecule has 0 unspecified atom stereocenters. The molecular formula is C26H26FN9O3. The first-order valence-corrected chi connectivity index (χ1v) is 12.7. The van der Waals surface area contributed by atoms with Gasteiger partial charge in [-0.05, 0) is 37.5 Å². The number of halogens is 1. The van der Waals surface area contributed by atoms with Crippen LogP contribution in [0.15, 0.2) is 49.1 Å². The molecular weight excluding hydrogens is 505 g/mol. The van der Waals surface area contributed by atoms with Crippen molar-refractivity contribution < 1.29 is 18.7 Å². The minimum atomic E-state index is -1.54. The van der Waals surface area contributed by atoms with Crippen LogP contribution in [0.4, 0.5) is 20.8 Å². The molecule has 0 spiro atoms. The van der Waals surface area contributed by atoms with Crippen molar-refractivity contribution in [3.63, 3.8) is 0 Å². The van der Waals surface area contributed by atoms with Crippen LogP contribution < -0.4 is 10.6 Å². The van der Waals surface area contributed by atoms with Gasteiger partial charge in [0.1, 0.15) is 11.6 Å². The molecule has 13 heteroatoms. The van der Waals surface area contributed by atoms with Crippen LogP contribution in [0.1, 0.15) is 31.6 Å². The molecule has 4 aromatic heterocycles. The Kier molecular flexibility index (Phi) is 5.30. The maximum absolute atomic E-state index is 15.2. The molecule has 39 heavy (non-hydrogen) atoms. The summed E-state index contributed by atoms with van der Waals surface area (Å²) < 4.78 is 29.7. The number of aromatic amines is 1. The van der Waals surface area contributed by atoms with Gasteiger partial charge in [-0.1, -0.05) is 6.07 Å². The van der Waals surface area contributed by atoms with Crippen LogP contribution in [0.2, 0.25) is 0 Å². The molecule has 7 rings (SSSR count). The second-order valence-electron chi connectivity index (χ2n) is 10.3. The number of amides is 1. The van der Waals surface area contributed by atoms with E-state index in [2.05, 4.69) is 42.1 Å². The molecule has 200 valence electrons. The molecule has 5 heterocycles. The number of anilines is 2. The number of benzene rings is 1. The van der Waals surface area contributed by atoms with Gasteiger partial charge in [0.05, 0.1) is 30.2 Å². The van der Waals surface area contributed by atoms with E-state index >= 15 is 4.39 Å². The fourth-order valence-corrected chi connectivity index (χ4v) is 4.91. The van der Waals surface area contributed by atoms with Gasteiger partial charge < -0.3 is 20.1 Å². The zero-order valence-corrected chi connectivity index (χ0v) is 21.3. The van der Waals surface area contributed by atoms with Gasteiger partial charge in [0.2, 0.25) is 0 Å². The molecule has 5 aromatic rings. The zero-order chi connectivity index (χ0) is 26.7. The summed E-state index contributed by atoms with van der Waals surface area (Å²) in [4.78, 5) is 16.6. The number of nitrogens with one attached hydrogen (secondary N) is 3. The number of aryl methyl sites for hydroxylation is 1. The molecule has 0 bridgehead atoms. The maximum Gasteiger partial charge on any atom is 0.408 e. The number of ether oxygens (including phenoxy) is 2. The molecule has 3 N–H and O–H groups in total. The Bertz CT molecular complexity index is 1710. The van der Waals surface area contributed by atoms with Crippen LogP contribution in [-0.4, -0.2) is 65.1 Å². The van der Waals surface area contributed by atoms with E-state index in [0.29, 0.717) is 17.3 Å². The Hall–Kier alpha value is -4.52. The molecule has 2 fully saturated rings. The Morgan fingerprint density at radius 3 is 2.97 bits per heavy atom. The summed E-state index contributed by atoms with van der Waals surface area (Å²) in [6, 6.07) is 7.76. The monoisotopic (exact) mass is 531 g/mol. The molecule has 0 radical (unpaired) electrons. The summed E-state index contributed by atoms with van der Waals surface area (Å²) in [7, 11) is 1.91. The lowest BCUT2D eigenvalue weighted by Gasteiger charge is -2.17. The number of aromatic nitrogens is 7. The highest BCUT2D eigenvalue weighted by Gasteiger charge is 2.44. The standard InChI is InChI=1S/C26H26FN9O3/c1-26(5-6-26)32-25(37)39-19-13-38-23(21(19)27)17-10-20(34-33-17)31-24-22-16(12-30-36(22)8-7-28-24)14-3-4-18-15(9-14)11-29-35(18)2/h3-4,7-12,19,21,23H,5-6,13H2,1-2H3,(H,32,37)(H2,28,31,33,34)/t19-,21-,23-/m0/s1. The largest absolute Gasteiger partial charge is 0.441 e. The van der Waals surface area contributed by atoms with Gasteiger partial charge in [-0.2, -0.15) is 15.3 Å². The highest BCUT2D eigenvalue weighted by molar-refractivity contribution is 5.93. The van der Waals surface area contributed by atoms with Gasteiger partial charge in [0.15, 0.2) is 23.9 Å². The van der Waals surface area contributed by atoms with E-state index in [1.165, 1.54) is 0 Å². The predicted molar refractivity (Wildman–Crippen MR) is 139 cm³/mol. The summed E-state index contributed by atoms with van der Waals surface area (Å²) in [5.74, 6) is 0.963. The third-order valence-electron chi connectivity index (χ3n) is 7.39. The molecule has 3 atom stereocenters. The lowest BCUT2D eigenvalue weighted by Crippen LogP contribution is -2.39. The van der Waals surface area contributed by atoms with Crippen LogP contribution in [0.3, 0.4) is 0 Å². The van der Waals surface area contributed by atoms with Crippen LogP contribution in [0, 0.1) is 0 Å². The smallest absolute Gasteiger partial charge is 0.408 e. The second kappa shape index (κ2) is 8.76. The number of alkyl halides is 1. The average molecular weight is 532 g/mol. The van der Waals surface area contributed by atoms with E-state index in [-0.39, 0.29) is 12.1 Å². The summed E-state index contributed by atoms with van der Waals surface area (Å²) in [5, 5.41) is 22.9. The molecule has 1 aromatic carbocycles. The normalized spacial score (nSPS) is 21.9. The molecule has 1 saturated carbocycles. The number of alkyl carbamates (subject to hydrolysis) is 1. The zero-order valence-electron chi connectivity index (χ0n) is 21.3. The second-order valence-corrected chi connectivity index (χ2v) is 10.3. The van der Waals surface area contributed by atoms with Crippen molar-refractivity contribution in [3.05, 3.63) is 54.7 Å². The SMILES string of the molecule is Cn1ncc2cc(-c3cnn4ccnc(Nc5cc([C@@H]6OC[C@H](OC(=O)NC7(C)CC7)[C@@H]6F)[nH]n5)c34)ccc21. The van der Waals surface area contributed by atoms with E-state index in [9.17, 15) is 4.79 Å². The Morgan fingerprint density at radius 2 is 2.13 bits per heavy atom. The predicted octanol–water partition coefficient (Wildman–Crippen LogP) is 3.81. The Labute approximate surface area is 221 Å². The number of carbonyl (C=O) groups is 1. The fourth-order valence-electron chi connectivity index (χ4n) is 4.91. The van der Waals surface area contributed by atoms with Crippen molar-refractivity contribution in [3.8, 4) is 11.1 Å². The third-order valence-corrected chi connectivity index (χ3v) is 7.39. The summed E-state index contributed by atoms with van der Waals surface area (Å²) in [5.41, 5.74) is 3.82. The molecule has 1 aliphatic heterocycles. The van der Waals surface area contributed by atoms with Crippen LogP contribution >= 0.6 is 0 Å². The van der Waals surface area contributed by atoms with Gasteiger partial charge in [-0.15, -0.1) is 0 Å². The fraction of sp³-hybridized carbons (Fsp3) is 0.346. The van der Waals surface area contributed by atoms with E-state index in [1.807, 2.05) is 37.0 Å². The highest BCUT2D eigenvalue weighted by Crippen LogP contribution is 2.37.